The van der Waals surface area contributed by atoms with Crippen molar-refractivity contribution in [2.75, 3.05) is 13.7 Å². The highest BCUT2D eigenvalue weighted by Crippen LogP contribution is 2.40. The molecule has 1 aliphatic rings. The van der Waals surface area contributed by atoms with Crippen LogP contribution >= 0.6 is 0 Å². The maximum absolute atomic E-state index is 13.6. The molecule has 1 saturated carbocycles. The van der Waals surface area contributed by atoms with Crippen LogP contribution in [-0.4, -0.2) is 32.8 Å². The minimum absolute atomic E-state index is 0.236. The van der Waals surface area contributed by atoms with Gasteiger partial charge in [0.25, 0.3) is 0 Å². The van der Waals surface area contributed by atoms with Gasteiger partial charge in [-0.25, -0.2) is 14.4 Å². The van der Waals surface area contributed by atoms with E-state index in [-0.39, 0.29) is 5.82 Å². The first-order valence-corrected chi connectivity index (χ1v) is 11.9. The summed E-state index contributed by atoms with van der Waals surface area (Å²) in [5, 5.41) is 1.11. The Bertz CT molecular complexity index is 1220. The molecule has 5 nitrogen and oxygen atoms in total. The Morgan fingerprint density at radius 1 is 1.06 bits per heavy atom. The van der Waals surface area contributed by atoms with E-state index in [1.165, 1.54) is 31.4 Å². The largest absolute Gasteiger partial charge is 0.384 e. The van der Waals surface area contributed by atoms with Gasteiger partial charge >= 0.3 is 0 Å². The second-order valence-electron chi connectivity index (χ2n) is 9.27. The van der Waals surface area contributed by atoms with Crippen LogP contribution in [-0.2, 0) is 11.3 Å². The lowest BCUT2D eigenvalue weighted by Crippen LogP contribution is -2.13. The highest BCUT2D eigenvalue weighted by atomic mass is 19.1. The third-order valence-electron chi connectivity index (χ3n) is 6.76. The average molecular weight is 447 g/mol. The lowest BCUT2D eigenvalue weighted by Gasteiger charge is -2.25. The Hall–Kier alpha value is -2.99. The van der Waals surface area contributed by atoms with Crippen molar-refractivity contribution < 1.29 is 9.13 Å². The Morgan fingerprint density at radius 2 is 1.85 bits per heavy atom. The molecule has 1 fully saturated rings. The quantitative estimate of drug-likeness (QED) is 0.326. The molecular weight excluding hydrogens is 415 g/mol. The predicted octanol–water partition coefficient (Wildman–Crippen LogP) is 6.49. The van der Waals surface area contributed by atoms with Gasteiger partial charge in [-0.05, 0) is 55.2 Å². The van der Waals surface area contributed by atoms with E-state index in [2.05, 4.69) is 34.4 Å². The second-order valence-corrected chi connectivity index (χ2v) is 9.27. The first kappa shape index (κ1) is 21.8. The summed E-state index contributed by atoms with van der Waals surface area (Å²) in [5.74, 6) is 0.152. The Morgan fingerprint density at radius 3 is 2.61 bits per heavy atom. The van der Waals surface area contributed by atoms with Gasteiger partial charge in [-0.1, -0.05) is 26.2 Å². The zero-order valence-corrected chi connectivity index (χ0v) is 19.4. The Balaban J connectivity index is 1.65. The van der Waals surface area contributed by atoms with Crippen LogP contribution in [0.3, 0.4) is 0 Å². The van der Waals surface area contributed by atoms with Crippen molar-refractivity contribution >= 4 is 11.0 Å². The van der Waals surface area contributed by atoms with Crippen molar-refractivity contribution in [1.29, 1.82) is 0 Å². The van der Waals surface area contributed by atoms with Crippen LogP contribution in [0.4, 0.5) is 4.39 Å². The third-order valence-corrected chi connectivity index (χ3v) is 6.76. The molecular formula is C27H31FN4O. The molecule has 0 aliphatic heterocycles. The monoisotopic (exact) mass is 446 g/mol. The Kier molecular flexibility index (Phi) is 6.27. The number of aromatic nitrogens is 4. The molecule has 5 rings (SSSR count). The number of imidazole rings is 1. The maximum atomic E-state index is 13.6. The van der Waals surface area contributed by atoms with E-state index in [0.717, 1.165) is 52.9 Å². The van der Waals surface area contributed by atoms with Crippen molar-refractivity contribution in [2.24, 2.45) is 5.92 Å². The van der Waals surface area contributed by atoms with E-state index in [1.807, 2.05) is 24.7 Å². The van der Waals surface area contributed by atoms with Gasteiger partial charge in [0.15, 0.2) is 0 Å². The smallest absolute Gasteiger partial charge is 0.140 e. The van der Waals surface area contributed by atoms with Crippen LogP contribution in [0.25, 0.3) is 33.5 Å². The number of hydrogen-bond donors (Lipinski definition) is 0. The van der Waals surface area contributed by atoms with Crippen LogP contribution < -0.4 is 0 Å². The molecule has 0 bridgehead atoms. The maximum Gasteiger partial charge on any atom is 0.140 e. The fourth-order valence-electron chi connectivity index (χ4n) is 5.20. The van der Waals surface area contributed by atoms with Gasteiger partial charge in [0.1, 0.15) is 11.5 Å². The van der Waals surface area contributed by atoms with Crippen molar-refractivity contribution in [3.63, 3.8) is 0 Å². The topological polar surface area (TPSA) is 44.9 Å². The summed E-state index contributed by atoms with van der Waals surface area (Å²) in [6.45, 7) is 3.74. The number of rotatable bonds is 7. The number of methoxy groups -OCH3 is 1. The summed E-state index contributed by atoms with van der Waals surface area (Å²) < 4.78 is 23.5. The number of halogens is 1. The number of ether oxygens (including phenoxy) is 1. The summed E-state index contributed by atoms with van der Waals surface area (Å²) in [4.78, 5) is 9.57. The Labute approximate surface area is 194 Å². The van der Waals surface area contributed by atoms with Crippen LogP contribution in [0, 0.1) is 11.7 Å². The van der Waals surface area contributed by atoms with E-state index in [1.54, 1.807) is 7.11 Å². The normalized spacial score (nSPS) is 15.8. The van der Waals surface area contributed by atoms with Gasteiger partial charge in [0, 0.05) is 48.6 Å². The standard InChI is InChI=1S/C27H31FN4O/c1-19(17-33-2)16-31-15-13-24-23(12-14-29-27(24)31)26-25(20-8-10-21(28)11-9-20)30-18-32(26)22-6-4-3-5-7-22/h8-15,18-19,22H,3-7,16-17H2,1-2H3. The van der Waals surface area contributed by atoms with Crippen LogP contribution in [0.15, 0.2) is 55.1 Å². The van der Waals surface area contributed by atoms with E-state index < -0.39 is 0 Å². The van der Waals surface area contributed by atoms with Gasteiger partial charge in [-0.15, -0.1) is 0 Å². The van der Waals surface area contributed by atoms with Gasteiger partial charge < -0.3 is 13.9 Å². The highest BCUT2D eigenvalue weighted by Gasteiger charge is 2.24. The predicted molar refractivity (Wildman–Crippen MR) is 130 cm³/mol. The van der Waals surface area contributed by atoms with Crippen molar-refractivity contribution in [3.05, 3.63) is 60.9 Å². The minimum atomic E-state index is -0.236. The summed E-state index contributed by atoms with van der Waals surface area (Å²) in [5.41, 5.74) is 5.02. The van der Waals surface area contributed by atoms with E-state index in [9.17, 15) is 4.39 Å². The minimum Gasteiger partial charge on any atom is -0.384 e. The third kappa shape index (κ3) is 4.32. The SMILES string of the molecule is COCC(C)Cn1ccc2c(-c3c(-c4ccc(F)cc4)ncn3C3CCCCC3)ccnc21. The average Bonchev–Trinajstić information content (AvgIpc) is 3.45. The first-order chi connectivity index (χ1) is 16.2. The molecule has 1 atom stereocenters. The number of benzene rings is 1. The van der Waals surface area contributed by atoms with Crippen molar-refractivity contribution in [1.82, 2.24) is 19.1 Å². The number of hydrogen-bond acceptors (Lipinski definition) is 3. The molecule has 6 heteroatoms. The molecule has 3 heterocycles. The molecule has 1 aromatic carbocycles. The van der Waals surface area contributed by atoms with Gasteiger partial charge in [0.2, 0.25) is 0 Å². The molecule has 0 N–H and O–H groups in total. The molecule has 0 spiro atoms. The molecule has 0 radical (unpaired) electrons. The molecule has 0 amide bonds. The molecule has 0 saturated heterocycles. The fourth-order valence-corrected chi connectivity index (χ4v) is 5.20. The summed E-state index contributed by atoms with van der Waals surface area (Å²) >= 11 is 0. The summed E-state index contributed by atoms with van der Waals surface area (Å²) in [6, 6.07) is 11.3. The molecule has 1 aliphatic carbocycles. The van der Waals surface area contributed by atoms with Crippen LogP contribution in [0.2, 0.25) is 0 Å². The van der Waals surface area contributed by atoms with Crippen molar-refractivity contribution in [3.8, 4) is 22.5 Å². The lowest BCUT2D eigenvalue weighted by molar-refractivity contribution is 0.152. The number of nitrogens with zero attached hydrogens (tertiary/aromatic N) is 4. The summed E-state index contributed by atoms with van der Waals surface area (Å²) in [7, 11) is 1.74. The van der Waals surface area contributed by atoms with Crippen LogP contribution in [0.1, 0.15) is 45.1 Å². The zero-order chi connectivity index (χ0) is 22.8. The van der Waals surface area contributed by atoms with Gasteiger partial charge in [0.05, 0.1) is 24.3 Å². The molecule has 1 unspecified atom stereocenters. The molecule has 3 aromatic heterocycles. The number of fused-ring (bicyclic) bond motifs is 1. The van der Waals surface area contributed by atoms with Crippen molar-refractivity contribution in [2.45, 2.75) is 51.6 Å². The fraction of sp³-hybridized carbons (Fsp3) is 0.407. The van der Waals surface area contributed by atoms with Crippen LogP contribution in [0.5, 0.6) is 0 Å². The highest BCUT2D eigenvalue weighted by molar-refractivity contribution is 5.96. The summed E-state index contributed by atoms with van der Waals surface area (Å²) in [6.07, 6.45) is 12.1. The van der Waals surface area contributed by atoms with E-state index in [0.29, 0.717) is 18.6 Å². The molecule has 4 aromatic rings. The molecule has 33 heavy (non-hydrogen) atoms. The van der Waals surface area contributed by atoms with E-state index >= 15 is 0 Å². The zero-order valence-electron chi connectivity index (χ0n) is 19.4. The second kappa shape index (κ2) is 9.48. The number of pyridine rings is 1. The molecule has 172 valence electrons. The first-order valence-electron chi connectivity index (χ1n) is 11.9. The van der Waals surface area contributed by atoms with Gasteiger partial charge in [-0.3, -0.25) is 0 Å². The van der Waals surface area contributed by atoms with E-state index in [4.69, 9.17) is 14.7 Å². The lowest BCUT2D eigenvalue weighted by atomic mass is 9.94. The van der Waals surface area contributed by atoms with Gasteiger partial charge in [-0.2, -0.15) is 0 Å².